The lowest BCUT2D eigenvalue weighted by atomic mass is 9.91. The van der Waals surface area contributed by atoms with E-state index in [0.717, 1.165) is 22.6 Å². The van der Waals surface area contributed by atoms with Gasteiger partial charge in [0.1, 0.15) is 17.2 Å². The molecule has 0 saturated carbocycles. The van der Waals surface area contributed by atoms with Crippen molar-refractivity contribution >= 4 is 17.5 Å². The summed E-state index contributed by atoms with van der Waals surface area (Å²) >= 11 is 0. The highest BCUT2D eigenvalue weighted by Gasteiger charge is 2.41. The van der Waals surface area contributed by atoms with Gasteiger partial charge in [-0.2, -0.15) is 5.26 Å². The predicted octanol–water partition coefficient (Wildman–Crippen LogP) is 5.89. The Morgan fingerprint density at radius 2 is 1.65 bits per heavy atom. The SMILES string of the molecule is COc1ccc(OC(=O)Nc2cccc(C3C(C#N)c4ccc(OC)cc4N3C(C)C)c2)cc1. The first kappa shape index (κ1) is 23.0. The van der Waals surface area contributed by atoms with Gasteiger partial charge in [0.15, 0.2) is 0 Å². The molecule has 7 heteroatoms. The van der Waals surface area contributed by atoms with Crippen molar-refractivity contribution < 1.29 is 19.0 Å². The molecule has 3 aromatic rings. The van der Waals surface area contributed by atoms with Crippen molar-refractivity contribution in [1.82, 2.24) is 0 Å². The standard InChI is InChI=1S/C27H27N3O4/c1-17(2)30-25-15-22(33-4)12-13-23(25)24(16-28)26(30)18-6-5-7-19(14-18)29-27(31)34-21-10-8-20(32-3)9-11-21/h5-15,17,24,26H,1-4H3,(H,29,31). The van der Waals surface area contributed by atoms with E-state index in [1.54, 1.807) is 44.6 Å². The van der Waals surface area contributed by atoms with Gasteiger partial charge in [-0.25, -0.2) is 4.79 Å². The van der Waals surface area contributed by atoms with Gasteiger partial charge in [0.2, 0.25) is 0 Å². The number of amides is 1. The van der Waals surface area contributed by atoms with Crippen LogP contribution < -0.4 is 24.4 Å². The number of carbonyl (C=O) groups excluding carboxylic acids is 1. The number of hydrogen-bond donors (Lipinski definition) is 1. The quantitative estimate of drug-likeness (QED) is 0.497. The van der Waals surface area contributed by atoms with Gasteiger partial charge in [0.25, 0.3) is 0 Å². The third-order valence-corrected chi connectivity index (χ3v) is 5.91. The van der Waals surface area contributed by atoms with E-state index in [1.807, 2.05) is 36.4 Å². The molecule has 1 aliphatic rings. The number of methoxy groups -OCH3 is 2. The Hall–Kier alpha value is -4.18. The van der Waals surface area contributed by atoms with E-state index in [2.05, 4.69) is 30.1 Å². The summed E-state index contributed by atoms with van der Waals surface area (Å²) in [5.74, 6) is 1.48. The Kier molecular flexibility index (Phi) is 6.60. The van der Waals surface area contributed by atoms with Crippen molar-refractivity contribution in [2.24, 2.45) is 0 Å². The van der Waals surface area contributed by atoms with Crippen molar-refractivity contribution in [1.29, 1.82) is 5.26 Å². The molecule has 1 amide bonds. The van der Waals surface area contributed by atoms with Crippen molar-refractivity contribution in [3.63, 3.8) is 0 Å². The molecule has 2 atom stereocenters. The normalized spacial score (nSPS) is 16.5. The number of nitriles is 1. The fourth-order valence-corrected chi connectivity index (χ4v) is 4.40. The second-order valence-electron chi connectivity index (χ2n) is 8.29. The van der Waals surface area contributed by atoms with E-state index < -0.39 is 6.09 Å². The molecule has 0 aliphatic carbocycles. The van der Waals surface area contributed by atoms with E-state index in [0.29, 0.717) is 17.2 Å². The van der Waals surface area contributed by atoms with E-state index in [9.17, 15) is 10.1 Å². The summed E-state index contributed by atoms with van der Waals surface area (Å²) in [6, 6.07) is 22.6. The van der Waals surface area contributed by atoms with E-state index in [4.69, 9.17) is 14.2 Å². The molecule has 0 radical (unpaired) electrons. The highest BCUT2D eigenvalue weighted by Crippen LogP contribution is 2.51. The lowest BCUT2D eigenvalue weighted by molar-refractivity contribution is 0.215. The molecule has 0 aromatic heterocycles. The summed E-state index contributed by atoms with van der Waals surface area (Å²) in [6.07, 6.45) is -0.598. The second-order valence-corrected chi connectivity index (χ2v) is 8.29. The van der Waals surface area contributed by atoms with E-state index in [-0.39, 0.29) is 18.0 Å². The zero-order valence-electron chi connectivity index (χ0n) is 19.6. The predicted molar refractivity (Wildman–Crippen MR) is 131 cm³/mol. The zero-order chi connectivity index (χ0) is 24.2. The number of benzene rings is 3. The molecule has 0 bridgehead atoms. The van der Waals surface area contributed by atoms with Gasteiger partial charge in [0.05, 0.1) is 32.2 Å². The van der Waals surface area contributed by atoms with Crippen LogP contribution in [0.3, 0.4) is 0 Å². The number of nitrogens with zero attached hydrogens (tertiary/aromatic N) is 2. The van der Waals surface area contributed by atoms with Crippen LogP contribution in [0, 0.1) is 11.3 Å². The van der Waals surface area contributed by atoms with Crippen molar-refractivity contribution in [2.75, 3.05) is 24.4 Å². The summed E-state index contributed by atoms with van der Waals surface area (Å²) in [4.78, 5) is 14.7. The maximum absolute atomic E-state index is 12.5. The first-order valence-corrected chi connectivity index (χ1v) is 11.0. The van der Waals surface area contributed by atoms with Gasteiger partial charge in [0, 0.05) is 23.5 Å². The minimum absolute atomic E-state index is 0.144. The Bertz CT molecular complexity index is 1220. The number of carbonyl (C=O) groups is 1. The molecule has 0 spiro atoms. The van der Waals surface area contributed by atoms with Gasteiger partial charge >= 0.3 is 6.09 Å². The fourth-order valence-electron chi connectivity index (χ4n) is 4.40. The molecular formula is C27H27N3O4. The average Bonchev–Trinajstić information content (AvgIpc) is 3.18. The number of nitrogens with one attached hydrogen (secondary N) is 1. The van der Waals surface area contributed by atoms with Crippen LogP contribution in [0.2, 0.25) is 0 Å². The van der Waals surface area contributed by atoms with Crippen molar-refractivity contribution in [3.05, 3.63) is 77.9 Å². The van der Waals surface area contributed by atoms with Crippen LogP contribution in [0.5, 0.6) is 17.2 Å². The van der Waals surface area contributed by atoms with Gasteiger partial charge in [-0.3, -0.25) is 5.32 Å². The largest absolute Gasteiger partial charge is 0.497 e. The third-order valence-electron chi connectivity index (χ3n) is 5.91. The zero-order valence-corrected chi connectivity index (χ0v) is 19.6. The van der Waals surface area contributed by atoms with Crippen LogP contribution in [0.4, 0.5) is 16.2 Å². The Morgan fingerprint density at radius 1 is 0.971 bits per heavy atom. The highest BCUT2D eigenvalue weighted by molar-refractivity contribution is 5.86. The molecule has 1 heterocycles. The Labute approximate surface area is 199 Å². The number of fused-ring (bicyclic) bond motifs is 1. The first-order valence-electron chi connectivity index (χ1n) is 11.0. The lowest BCUT2D eigenvalue weighted by Gasteiger charge is -2.33. The second kappa shape index (κ2) is 9.75. The molecule has 0 fully saturated rings. The van der Waals surface area contributed by atoms with Gasteiger partial charge < -0.3 is 19.1 Å². The van der Waals surface area contributed by atoms with Crippen LogP contribution in [0.1, 0.15) is 36.9 Å². The van der Waals surface area contributed by atoms with E-state index >= 15 is 0 Å². The molecule has 174 valence electrons. The lowest BCUT2D eigenvalue weighted by Crippen LogP contribution is -2.33. The molecule has 34 heavy (non-hydrogen) atoms. The molecule has 2 unspecified atom stereocenters. The van der Waals surface area contributed by atoms with Gasteiger partial charge in [-0.1, -0.05) is 18.2 Å². The Morgan fingerprint density at radius 3 is 2.29 bits per heavy atom. The molecule has 4 rings (SSSR count). The van der Waals surface area contributed by atoms with Crippen molar-refractivity contribution in [2.45, 2.75) is 31.8 Å². The minimum Gasteiger partial charge on any atom is -0.497 e. The molecule has 1 N–H and O–H groups in total. The summed E-state index contributed by atoms with van der Waals surface area (Å²) < 4.78 is 15.9. The van der Waals surface area contributed by atoms with Crippen LogP contribution in [0.15, 0.2) is 66.7 Å². The number of hydrogen-bond acceptors (Lipinski definition) is 6. The number of anilines is 2. The molecule has 1 aliphatic heterocycles. The van der Waals surface area contributed by atoms with Crippen LogP contribution >= 0.6 is 0 Å². The topological polar surface area (TPSA) is 83.8 Å². The average molecular weight is 458 g/mol. The van der Waals surface area contributed by atoms with E-state index in [1.165, 1.54) is 0 Å². The summed E-state index contributed by atoms with van der Waals surface area (Å²) in [7, 11) is 3.21. The maximum Gasteiger partial charge on any atom is 0.417 e. The number of rotatable bonds is 6. The highest BCUT2D eigenvalue weighted by atomic mass is 16.6. The smallest absolute Gasteiger partial charge is 0.417 e. The van der Waals surface area contributed by atoms with Gasteiger partial charge in [-0.05, 0) is 67.4 Å². The van der Waals surface area contributed by atoms with Gasteiger partial charge in [-0.15, -0.1) is 0 Å². The molecule has 0 saturated heterocycles. The van der Waals surface area contributed by atoms with Crippen LogP contribution in [-0.2, 0) is 0 Å². The number of ether oxygens (including phenoxy) is 3. The molecular weight excluding hydrogens is 430 g/mol. The third kappa shape index (κ3) is 4.48. The minimum atomic E-state index is -0.598. The maximum atomic E-state index is 12.5. The summed E-state index contributed by atoms with van der Waals surface area (Å²) in [5.41, 5.74) is 3.48. The molecule has 3 aromatic carbocycles. The fraction of sp³-hybridized carbons (Fsp3) is 0.259. The first-order chi connectivity index (χ1) is 16.4. The van der Waals surface area contributed by atoms with Crippen molar-refractivity contribution in [3.8, 4) is 23.3 Å². The summed E-state index contributed by atoms with van der Waals surface area (Å²) in [5, 5.41) is 12.9. The van der Waals surface area contributed by atoms with Crippen LogP contribution in [-0.4, -0.2) is 26.4 Å². The molecule has 7 nitrogen and oxygen atoms in total. The summed E-state index contributed by atoms with van der Waals surface area (Å²) in [6.45, 7) is 4.20. The monoisotopic (exact) mass is 457 g/mol. The Balaban J connectivity index is 1.59. The van der Waals surface area contributed by atoms with Crippen LogP contribution in [0.25, 0.3) is 0 Å².